The number of benzene rings is 1. The number of fused-ring (bicyclic) bond motifs is 5. The Morgan fingerprint density at radius 3 is 2.72 bits per heavy atom. The highest BCUT2D eigenvalue weighted by atomic mass is 32.2. The van der Waals surface area contributed by atoms with E-state index < -0.39 is 0 Å². The zero-order chi connectivity index (χ0) is 25.6. The van der Waals surface area contributed by atoms with E-state index in [0.717, 1.165) is 55.2 Å². The summed E-state index contributed by atoms with van der Waals surface area (Å²) in [5.74, 6) is 0.456. The molecule has 0 bridgehead atoms. The summed E-state index contributed by atoms with van der Waals surface area (Å²) in [4.78, 5) is 28.4. The number of rotatable bonds is 6. The summed E-state index contributed by atoms with van der Waals surface area (Å²) in [7, 11) is 0. The number of nitrogens with zero attached hydrogens (tertiary/aromatic N) is 3. The number of nitrogens with one attached hydrogen (secondary N) is 1. The van der Waals surface area contributed by atoms with E-state index in [1.54, 1.807) is 17.7 Å². The molecule has 188 valence electrons. The van der Waals surface area contributed by atoms with E-state index >= 15 is 0 Å². The second kappa shape index (κ2) is 9.72. The van der Waals surface area contributed by atoms with Crippen molar-refractivity contribution < 1.29 is 9.53 Å². The summed E-state index contributed by atoms with van der Waals surface area (Å²) in [6, 6.07) is 7.81. The number of hydrogen-bond acceptors (Lipinski definition) is 7. The Morgan fingerprint density at radius 1 is 1.19 bits per heavy atom. The number of thiophene rings is 1. The van der Waals surface area contributed by atoms with Crippen molar-refractivity contribution in [3.05, 3.63) is 53.0 Å². The van der Waals surface area contributed by atoms with Crippen LogP contribution in [0, 0.1) is 12.8 Å². The fourth-order valence-electron chi connectivity index (χ4n) is 4.66. The highest BCUT2D eigenvalue weighted by molar-refractivity contribution is 8.00. The number of carbonyl (C=O) groups is 1. The van der Waals surface area contributed by atoms with Crippen LogP contribution < -0.4 is 5.32 Å². The number of para-hydroxylation sites is 1. The molecule has 5 rings (SSSR count). The van der Waals surface area contributed by atoms with Gasteiger partial charge in [-0.2, -0.15) is 0 Å². The Hall–Kier alpha value is -2.55. The minimum atomic E-state index is -0.321. The minimum absolute atomic E-state index is 0.0456. The third kappa shape index (κ3) is 4.86. The lowest BCUT2D eigenvalue weighted by Crippen LogP contribution is -2.33. The van der Waals surface area contributed by atoms with Gasteiger partial charge in [-0.15, -0.1) is 11.3 Å². The fourth-order valence-corrected chi connectivity index (χ4v) is 6.80. The van der Waals surface area contributed by atoms with E-state index in [0.29, 0.717) is 12.5 Å². The smallest absolute Gasteiger partial charge is 0.237 e. The van der Waals surface area contributed by atoms with Crippen LogP contribution in [0.2, 0.25) is 0 Å². The van der Waals surface area contributed by atoms with E-state index in [9.17, 15) is 4.79 Å². The van der Waals surface area contributed by atoms with Crippen LogP contribution in [0.15, 0.2) is 35.6 Å². The number of pyridine rings is 1. The van der Waals surface area contributed by atoms with E-state index in [1.807, 2.05) is 38.1 Å². The summed E-state index contributed by atoms with van der Waals surface area (Å²) in [6.45, 7) is 13.2. The quantitative estimate of drug-likeness (QED) is 0.225. The molecule has 1 N–H and O–H groups in total. The van der Waals surface area contributed by atoms with Crippen molar-refractivity contribution in [1.82, 2.24) is 15.0 Å². The van der Waals surface area contributed by atoms with Gasteiger partial charge < -0.3 is 10.1 Å². The van der Waals surface area contributed by atoms with Crippen LogP contribution in [0.3, 0.4) is 0 Å². The van der Waals surface area contributed by atoms with Crippen molar-refractivity contribution in [2.45, 2.75) is 76.9 Å². The lowest BCUT2D eigenvalue weighted by atomic mass is 9.88. The number of thioether (sulfide) groups is 1. The van der Waals surface area contributed by atoms with Gasteiger partial charge in [0.2, 0.25) is 5.91 Å². The van der Waals surface area contributed by atoms with Crippen molar-refractivity contribution in [2.24, 2.45) is 5.92 Å². The highest BCUT2D eigenvalue weighted by Crippen LogP contribution is 2.43. The molecule has 0 spiro atoms. The second-order valence-electron chi connectivity index (χ2n) is 10.5. The Bertz CT molecular complexity index is 1460. The van der Waals surface area contributed by atoms with Gasteiger partial charge in [-0.1, -0.05) is 43.8 Å². The topological polar surface area (TPSA) is 77.0 Å². The van der Waals surface area contributed by atoms with Gasteiger partial charge in [-0.3, -0.25) is 4.79 Å². The third-order valence-electron chi connectivity index (χ3n) is 6.54. The molecule has 0 fully saturated rings. The summed E-state index contributed by atoms with van der Waals surface area (Å²) in [6.07, 6.45) is 3.35. The van der Waals surface area contributed by atoms with Crippen molar-refractivity contribution in [3.63, 3.8) is 0 Å². The van der Waals surface area contributed by atoms with E-state index in [1.165, 1.54) is 22.9 Å². The molecule has 36 heavy (non-hydrogen) atoms. The van der Waals surface area contributed by atoms with Crippen LogP contribution >= 0.6 is 23.1 Å². The molecule has 3 aromatic heterocycles. The molecule has 0 saturated carbocycles. The zero-order valence-electron chi connectivity index (χ0n) is 21.6. The summed E-state index contributed by atoms with van der Waals surface area (Å²) in [5.41, 5.74) is 6.21. The van der Waals surface area contributed by atoms with Gasteiger partial charge in [0.05, 0.1) is 27.7 Å². The average Bonchev–Trinajstić information content (AvgIpc) is 3.19. The van der Waals surface area contributed by atoms with Gasteiger partial charge in [-0.25, -0.2) is 15.0 Å². The maximum atomic E-state index is 13.0. The summed E-state index contributed by atoms with van der Waals surface area (Å²) in [5, 5.41) is 4.67. The first-order valence-corrected chi connectivity index (χ1v) is 14.1. The SMILES string of the molecule is Cc1ccccc1NC(=O)C(C)Sc1ncnc2c1sc1nc(CC(C)C)c3c(c12)CC(C)(C)OC3. The number of ether oxygens (including phenoxy) is 1. The first-order valence-electron chi connectivity index (χ1n) is 12.4. The Balaban J connectivity index is 1.54. The van der Waals surface area contributed by atoms with Crippen LogP contribution in [0.5, 0.6) is 0 Å². The van der Waals surface area contributed by atoms with Gasteiger partial charge in [0.15, 0.2) is 0 Å². The molecule has 1 aliphatic rings. The van der Waals surface area contributed by atoms with Crippen molar-refractivity contribution in [1.29, 1.82) is 0 Å². The minimum Gasteiger partial charge on any atom is -0.370 e. The Labute approximate surface area is 220 Å². The normalized spacial score (nSPS) is 15.9. The van der Waals surface area contributed by atoms with E-state index in [2.05, 4.69) is 38.0 Å². The lowest BCUT2D eigenvalue weighted by molar-refractivity contribution is -0.115. The maximum absolute atomic E-state index is 13.0. The van der Waals surface area contributed by atoms with E-state index in [4.69, 9.17) is 14.7 Å². The van der Waals surface area contributed by atoms with Crippen LogP contribution in [0.25, 0.3) is 20.4 Å². The molecule has 0 saturated heterocycles. The number of hydrogen-bond donors (Lipinski definition) is 1. The molecule has 8 heteroatoms. The number of aryl methyl sites for hydroxylation is 1. The predicted molar refractivity (Wildman–Crippen MR) is 149 cm³/mol. The van der Waals surface area contributed by atoms with Crippen LogP contribution in [0.1, 0.15) is 57.0 Å². The van der Waals surface area contributed by atoms with Crippen LogP contribution in [-0.2, 0) is 29.0 Å². The largest absolute Gasteiger partial charge is 0.370 e. The standard InChI is InChI=1S/C28H32N4O2S2/c1-15(2)11-21-19-13-34-28(5,6)12-18(19)22-23-24(36-26(22)32-21)27(30-14-29-23)35-17(4)25(33)31-20-10-8-7-9-16(20)3/h7-10,14-15,17H,11-13H2,1-6H3,(H,31,33). The fraction of sp³-hybridized carbons (Fsp3) is 0.429. The third-order valence-corrected chi connectivity index (χ3v) is 8.85. The molecule has 6 nitrogen and oxygen atoms in total. The summed E-state index contributed by atoms with van der Waals surface area (Å²) < 4.78 is 7.19. The zero-order valence-corrected chi connectivity index (χ0v) is 23.3. The molecule has 1 aliphatic heterocycles. The van der Waals surface area contributed by atoms with Crippen LogP contribution in [0.4, 0.5) is 5.69 Å². The number of amides is 1. The molecule has 0 aliphatic carbocycles. The lowest BCUT2D eigenvalue weighted by Gasteiger charge is -2.33. The van der Waals surface area contributed by atoms with Gasteiger partial charge >= 0.3 is 0 Å². The Morgan fingerprint density at radius 2 is 1.97 bits per heavy atom. The molecule has 0 radical (unpaired) electrons. The average molecular weight is 521 g/mol. The highest BCUT2D eigenvalue weighted by Gasteiger charge is 2.32. The number of aromatic nitrogens is 3. The molecular formula is C28H32N4O2S2. The molecule has 4 heterocycles. The monoisotopic (exact) mass is 520 g/mol. The van der Waals surface area contributed by atoms with E-state index in [-0.39, 0.29) is 16.8 Å². The number of carbonyl (C=O) groups excluding carboxylic acids is 1. The molecule has 4 aromatic rings. The Kier molecular flexibility index (Phi) is 6.78. The molecule has 1 aromatic carbocycles. The molecule has 1 atom stereocenters. The van der Waals surface area contributed by atoms with Gasteiger partial charge in [-0.05, 0) is 57.2 Å². The molecular weight excluding hydrogens is 488 g/mol. The van der Waals surface area contributed by atoms with Gasteiger partial charge in [0.25, 0.3) is 0 Å². The van der Waals surface area contributed by atoms with Crippen molar-refractivity contribution in [3.8, 4) is 0 Å². The van der Waals surface area contributed by atoms with Crippen molar-refractivity contribution >= 4 is 55.1 Å². The van der Waals surface area contributed by atoms with Gasteiger partial charge in [0.1, 0.15) is 16.2 Å². The molecule has 1 amide bonds. The first-order chi connectivity index (χ1) is 17.1. The van der Waals surface area contributed by atoms with Crippen LogP contribution in [-0.4, -0.2) is 31.7 Å². The molecule has 1 unspecified atom stereocenters. The van der Waals surface area contributed by atoms with Crippen molar-refractivity contribution in [2.75, 3.05) is 5.32 Å². The van der Waals surface area contributed by atoms with Gasteiger partial charge in [0, 0.05) is 28.8 Å². The summed E-state index contributed by atoms with van der Waals surface area (Å²) >= 11 is 3.10. The second-order valence-corrected chi connectivity index (χ2v) is 12.9. The maximum Gasteiger partial charge on any atom is 0.237 e. The predicted octanol–water partition coefficient (Wildman–Crippen LogP) is 6.72. The number of anilines is 1. The first kappa shape index (κ1) is 25.1.